The topological polar surface area (TPSA) is 58.6 Å². The Bertz CT molecular complexity index is 780. The number of anilines is 1. The Morgan fingerprint density at radius 1 is 1.19 bits per heavy atom. The molecule has 2 aromatic rings. The molecule has 3 rings (SSSR count). The number of halogens is 2. The van der Waals surface area contributed by atoms with E-state index < -0.39 is 0 Å². The monoisotopic (exact) mass is 436 g/mol. The van der Waals surface area contributed by atoms with Gasteiger partial charge in [0, 0.05) is 28.1 Å². The van der Waals surface area contributed by atoms with Crippen LogP contribution in [-0.4, -0.2) is 31.5 Å². The molecule has 0 aliphatic carbocycles. The van der Waals surface area contributed by atoms with Crippen LogP contribution in [0.2, 0.25) is 5.02 Å². The van der Waals surface area contributed by atoms with Gasteiger partial charge in [0.25, 0.3) is 0 Å². The van der Waals surface area contributed by atoms with E-state index in [-0.39, 0.29) is 24.2 Å². The maximum Gasteiger partial charge on any atom is 0.227 e. The maximum absolute atomic E-state index is 12.3. The third kappa shape index (κ3) is 4.77. The number of rotatable bonds is 6. The fraction of sp³-hybridized carbons (Fsp3) is 0.263. The largest absolute Gasteiger partial charge is 0.492 e. The Balaban J connectivity index is 1.45. The van der Waals surface area contributed by atoms with E-state index in [1.54, 1.807) is 29.2 Å². The molecule has 0 bridgehead atoms. The van der Waals surface area contributed by atoms with Crippen LogP contribution in [0.25, 0.3) is 0 Å². The highest BCUT2D eigenvalue weighted by Gasteiger charge is 2.34. The molecule has 1 saturated heterocycles. The summed E-state index contributed by atoms with van der Waals surface area (Å²) in [5, 5.41) is 3.48. The number of nitrogens with zero attached hydrogens (tertiary/aromatic N) is 1. The van der Waals surface area contributed by atoms with Crippen molar-refractivity contribution in [3.05, 3.63) is 58.0 Å². The molecular formula is C19H18BrClN2O3. The third-order valence-electron chi connectivity index (χ3n) is 4.12. The summed E-state index contributed by atoms with van der Waals surface area (Å²) < 4.78 is 6.49. The summed E-state index contributed by atoms with van der Waals surface area (Å²) in [4.78, 5) is 26.2. The molecule has 1 heterocycles. The van der Waals surface area contributed by atoms with Crippen LogP contribution in [0, 0.1) is 5.92 Å². The standard InChI is InChI=1S/C19H18BrClN2O3/c20-14-1-5-16(6-2-14)23-12-13(11-18(23)24)19(25)22-9-10-26-17-7-3-15(21)4-8-17/h1-8,13H,9-12H2,(H,22,25)/t13-/m0/s1. The summed E-state index contributed by atoms with van der Waals surface area (Å²) in [5.74, 6) is 0.185. The molecule has 1 fully saturated rings. The fourth-order valence-electron chi connectivity index (χ4n) is 2.77. The molecule has 0 spiro atoms. The van der Waals surface area contributed by atoms with Gasteiger partial charge in [-0.1, -0.05) is 27.5 Å². The van der Waals surface area contributed by atoms with Crippen molar-refractivity contribution < 1.29 is 14.3 Å². The lowest BCUT2D eigenvalue weighted by Crippen LogP contribution is -2.35. The first-order valence-electron chi connectivity index (χ1n) is 8.25. The van der Waals surface area contributed by atoms with Crippen LogP contribution in [0.15, 0.2) is 53.0 Å². The summed E-state index contributed by atoms with van der Waals surface area (Å²) >= 11 is 9.19. The second-order valence-corrected chi connectivity index (χ2v) is 7.33. The minimum atomic E-state index is -0.346. The summed E-state index contributed by atoms with van der Waals surface area (Å²) in [7, 11) is 0. The number of carbonyl (C=O) groups excluding carboxylic acids is 2. The van der Waals surface area contributed by atoms with Gasteiger partial charge in [0.2, 0.25) is 11.8 Å². The van der Waals surface area contributed by atoms with Crippen LogP contribution < -0.4 is 15.0 Å². The highest BCUT2D eigenvalue weighted by Crippen LogP contribution is 2.26. The van der Waals surface area contributed by atoms with Crippen molar-refractivity contribution in [2.45, 2.75) is 6.42 Å². The molecule has 0 radical (unpaired) electrons. The van der Waals surface area contributed by atoms with E-state index in [1.807, 2.05) is 24.3 Å². The second kappa shape index (κ2) is 8.56. The van der Waals surface area contributed by atoms with Gasteiger partial charge in [-0.15, -0.1) is 0 Å². The van der Waals surface area contributed by atoms with Crippen molar-refractivity contribution in [3.63, 3.8) is 0 Å². The second-order valence-electron chi connectivity index (χ2n) is 5.98. The molecule has 1 aliphatic heterocycles. The third-order valence-corrected chi connectivity index (χ3v) is 4.90. The van der Waals surface area contributed by atoms with Crippen LogP contribution in [0.3, 0.4) is 0 Å². The molecule has 0 saturated carbocycles. The van der Waals surface area contributed by atoms with E-state index >= 15 is 0 Å². The van der Waals surface area contributed by atoms with Gasteiger partial charge in [-0.3, -0.25) is 9.59 Å². The number of hydrogen-bond donors (Lipinski definition) is 1. The zero-order valence-electron chi connectivity index (χ0n) is 14.0. The maximum atomic E-state index is 12.3. The number of carbonyl (C=O) groups is 2. The average molecular weight is 438 g/mol. The molecule has 0 aromatic heterocycles. The van der Waals surface area contributed by atoms with Crippen LogP contribution in [0.4, 0.5) is 5.69 Å². The Labute approximate surface area is 165 Å². The average Bonchev–Trinajstić information content (AvgIpc) is 3.02. The Kier molecular flexibility index (Phi) is 6.16. The van der Waals surface area contributed by atoms with Crippen LogP contribution in [0.5, 0.6) is 5.75 Å². The van der Waals surface area contributed by atoms with Crippen molar-refractivity contribution in [3.8, 4) is 5.75 Å². The van der Waals surface area contributed by atoms with Crippen LogP contribution >= 0.6 is 27.5 Å². The van der Waals surface area contributed by atoms with Crippen molar-refractivity contribution in [1.82, 2.24) is 5.32 Å². The highest BCUT2D eigenvalue weighted by molar-refractivity contribution is 9.10. The Morgan fingerprint density at radius 2 is 1.88 bits per heavy atom. The lowest BCUT2D eigenvalue weighted by molar-refractivity contribution is -0.126. The fourth-order valence-corrected chi connectivity index (χ4v) is 3.16. The van der Waals surface area contributed by atoms with Crippen LogP contribution in [0.1, 0.15) is 6.42 Å². The number of ether oxygens (including phenoxy) is 1. The summed E-state index contributed by atoms with van der Waals surface area (Å²) in [6, 6.07) is 14.5. The first-order chi connectivity index (χ1) is 12.5. The van der Waals surface area contributed by atoms with Crippen molar-refractivity contribution in [2.75, 3.05) is 24.6 Å². The van der Waals surface area contributed by atoms with E-state index in [1.165, 1.54) is 0 Å². The van der Waals surface area contributed by atoms with Crippen molar-refractivity contribution >= 4 is 45.0 Å². The van der Waals surface area contributed by atoms with Crippen molar-refractivity contribution in [1.29, 1.82) is 0 Å². The van der Waals surface area contributed by atoms with E-state index in [0.29, 0.717) is 30.5 Å². The van der Waals surface area contributed by atoms with Gasteiger partial charge in [-0.2, -0.15) is 0 Å². The van der Waals surface area contributed by atoms with E-state index in [4.69, 9.17) is 16.3 Å². The summed E-state index contributed by atoms with van der Waals surface area (Å²) in [6.07, 6.45) is 0.222. The molecule has 7 heteroatoms. The molecule has 0 unspecified atom stereocenters. The predicted molar refractivity (Wildman–Crippen MR) is 105 cm³/mol. The lowest BCUT2D eigenvalue weighted by Gasteiger charge is -2.17. The summed E-state index contributed by atoms with van der Waals surface area (Å²) in [5.41, 5.74) is 0.805. The lowest BCUT2D eigenvalue weighted by atomic mass is 10.1. The predicted octanol–water partition coefficient (Wildman–Crippen LogP) is 3.65. The van der Waals surface area contributed by atoms with Crippen LogP contribution in [-0.2, 0) is 9.59 Å². The zero-order valence-corrected chi connectivity index (χ0v) is 16.3. The Hall–Kier alpha value is -2.05. The first kappa shape index (κ1) is 18.7. The molecule has 2 aromatic carbocycles. The number of amides is 2. The molecular weight excluding hydrogens is 420 g/mol. The molecule has 1 atom stereocenters. The molecule has 1 N–H and O–H groups in total. The zero-order chi connectivity index (χ0) is 18.5. The van der Waals surface area contributed by atoms with E-state index in [9.17, 15) is 9.59 Å². The van der Waals surface area contributed by atoms with Gasteiger partial charge in [-0.25, -0.2) is 0 Å². The van der Waals surface area contributed by atoms with Gasteiger partial charge < -0.3 is 15.0 Å². The Morgan fingerprint density at radius 3 is 2.58 bits per heavy atom. The van der Waals surface area contributed by atoms with Gasteiger partial charge in [0.1, 0.15) is 12.4 Å². The van der Waals surface area contributed by atoms with Gasteiger partial charge in [-0.05, 0) is 48.5 Å². The molecule has 1 aliphatic rings. The number of hydrogen-bond acceptors (Lipinski definition) is 3. The smallest absolute Gasteiger partial charge is 0.227 e. The molecule has 5 nitrogen and oxygen atoms in total. The van der Waals surface area contributed by atoms with E-state index in [2.05, 4.69) is 21.2 Å². The minimum absolute atomic E-state index is 0.0371. The SMILES string of the molecule is O=C(NCCOc1ccc(Cl)cc1)[C@H]1CC(=O)N(c2ccc(Br)cc2)C1. The summed E-state index contributed by atoms with van der Waals surface area (Å²) in [6.45, 7) is 1.12. The highest BCUT2D eigenvalue weighted by atomic mass is 79.9. The molecule has 26 heavy (non-hydrogen) atoms. The molecule has 136 valence electrons. The normalized spacial score (nSPS) is 16.6. The quantitative estimate of drug-likeness (QED) is 0.702. The number of benzene rings is 2. The number of nitrogens with one attached hydrogen (secondary N) is 1. The van der Waals surface area contributed by atoms with Crippen molar-refractivity contribution in [2.24, 2.45) is 5.92 Å². The first-order valence-corrected chi connectivity index (χ1v) is 9.42. The van der Waals surface area contributed by atoms with Gasteiger partial charge >= 0.3 is 0 Å². The van der Waals surface area contributed by atoms with Gasteiger partial charge in [0.05, 0.1) is 12.5 Å². The minimum Gasteiger partial charge on any atom is -0.492 e. The van der Waals surface area contributed by atoms with Gasteiger partial charge in [0.15, 0.2) is 0 Å². The van der Waals surface area contributed by atoms with E-state index in [0.717, 1.165) is 10.2 Å². The molecule has 2 amide bonds.